The Kier molecular flexibility index (Phi) is 4.07. The van der Waals surface area contributed by atoms with Crippen molar-refractivity contribution >= 4 is 5.78 Å². The van der Waals surface area contributed by atoms with Crippen molar-refractivity contribution in [1.29, 1.82) is 0 Å². The molecule has 2 rings (SSSR count). The van der Waals surface area contributed by atoms with Gasteiger partial charge >= 0.3 is 0 Å². The maximum Gasteiger partial charge on any atom is 0.141 e. The van der Waals surface area contributed by atoms with Gasteiger partial charge in [0.25, 0.3) is 0 Å². The number of rotatable bonds is 5. The van der Waals surface area contributed by atoms with Gasteiger partial charge in [-0.1, -0.05) is 12.1 Å². The first-order valence-corrected chi connectivity index (χ1v) is 5.81. The quantitative estimate of drug-likeness (QED) is 0.807. The number of aromatic nitrogens is 1. The summed E-state index contributed by atoms with van der Waals surface area (Å²) in [5.41, 5.74) is 2.01. The predicted octanol–water partition coefficient (Wildman–Crippen LogP) is 2.44. The van der Waals surface area contributed by atoms with E-state index in [1.807, 2.05) is 36.4 Å². The van der Waals surface area contributed by atoms with E-state index in [4.69, 9.17) is 4.74 Å². The first kappa shape index (κ1) is 12.3. The zero-order chi connectivity index (χ0) is 12.8. The summed E-state index contributed by atoms with van der Waals surface area (Å²) >= 11 is 0. The summed E-state index contributed by atoms with van der Waals surface area (Å²) < 4.78 is 5.08. The fourth-order valence-electron chi connectivity index (χ4n) is 1.76. The van der Waals surface area contributed by atoms with Crippen LogP contribution in [-0.4, -0.2) is 17.9 Å². The molecule has 1 aromatic carbocycles. The van der Waals surface area contributed by atoms with Crippen LogP contribution >= 0.6 is 0 Å². The monoisotopic (exact) mass is 241 g/mol. The van der Waals surface area contributed by atoms with Gasteiger partial charge in [-0.05, 0) is 35.4 Å². The average molecular weight is 241 g/mol. The number of methoxy groups -OCH3 is 1. The van der Waals surface area contributed by atoms with Crippen LogP contribution in [0.1, 0.15) is 11.1 Å². The second-order valence-corrected chi connectivity index (χ2v) is 4.10. The molecule has 2 aromatic rings. The molecule has 0 bridgehead atoms. The van der Waals surface area contributed by atoms with E-state index in [1.165, 1.54) is 0 Å². The number of hydrogen-bond donors (Lipinski definition) is 0. The van der Waals surface area contributed by atoms with Gasteiger partial charge in [-0.2, -0.15) is 0 Å². The Hall–Kier alpha value is -2.16. The van der Waals surface area contributed by atoms with Crippen molar-refractivity contribution in [1.82, 2.24) is 4.98 Å². The summed E-state index contributed by atoms with van der Waals surface area (Å²) in [6.45, 7) is 0. The number of carbonyl (C=O) groups excluding carboxylic acids is 1. The Balaban J connectivity index is 1.94. The highest BCUT2D eigenvalue weighted by Gasteiger charge is 2.05. The molecule has 3 nitrogen and oxygen atoms in total. The Morgan fingerprint density at radius 3 is 2.11 bits per heavy atom. The molecule has 0 aliphatic heterocycles. The van der Waals surface area contributed by atoms with Gasteiger partial charge < -0.3 is 4.74 Å². The minimum absolute atomic E-state index is 0.200. The molecule has 0 aliphatic rings. The average Bonchev–Trinajstić information content (AvgIpc) is 2.40. The molecular weight excluding hydrogens is 226 g/mol. The third-order valence-corrected chi connectivity index (χ3v) is 2.71. The molecule has 1 aromatic heterocycles. The van der Waals surface area contributed by atoms with Crippen LogP contribution in [0.2, 0.25) is 0 Å². The Bertz CT molecular complexity index is 506. The molecule has 92 valence electrons. The van der Waals surface area contributed by atoms with Crippen LogP contribution in [0.5, 0.6) is 5.75 Å². The smallest absolute Gasteiger partial charge is 0.141 e. The minimum atomic E-state index is 0.200. The van der Waals surface area contributed by atoms with Gasteiger partial charge in [-0.15, -0.1) is 0 Å². The SMILES string of the molecule is COc1ccc(CC(=O)Cc2ccncc2)cc1. The van der Waals surface area contributed by atoms with E-state index >= 15 is 0 Å². The summed E-state index contributed by atoms with van der Waals surface area (Å²) in [5, 5.41) is 0. The summed E-state index contributed by atoms with van der Waals surface area (Å²) in [5.74, 6) is 1.01. The van der Waals surface area contributed by atoms with Crippen molar-refractivity contribution in [2.45, 2.75) is 12.8 Å². The summed E-state index contributed by atoms with van der Waals surface area (Å²) in [7, 11) is 1.63. The van der Waals surface area contributed by atoms with Crippen molar-refractivity contribution in [3.63, 3.8) is 0 Å². The van der Waals surface area contributed by atoms with Gasteiger partial charge in [-0.3, -0.25) is 9.78 Å². The number of carbonyl (C=O) groups is 1. The summed E-state index contributed by atoms with van der Waals surface area (Å²) in [6, 6.07) is 11.3. The highest BCUT2D eigenvalue weighted by Crippen LogP contribution is 2.12. The predicted molar refractivity (Wildman–Crippen MR) is 69.6 cm³/mol. The highest BCUT2D eigenvalue weighted by atomic mass is 16.5. The van der Waals surface area contributed by atoms with Crippen LogP contribution in [0.15, 0.2) is 48.8 Å². The normalized spacial score (nSPS) is 10.1. The summed E-state index contributed by atoms with van der Waals surface area (Å²) in [6.07, 6.45) is 4.31. The maximum atomic E-state index is 11.9. The van der Waals surface area contributed by atoms with E-state index in [1.54, 1.807) is 19.5 Å². The van der Waals surface area contributed by atoms with Crippen LogP contribution in [0.3, 0.4) is 0 Å². The largest absolute Gasteiger partial charge is 0.497 e. The van der Waals surface area contributed by atoms with E-state index in [0.717, 1.165) is 16.9 Å². The molecule has 0 fully saturated rings. The van der Waals surface area contributed by atoms with Gasteiger partial charge in [0.2, 0.25) is 0 Å². The molecule has 0 unspecified atom stereocenters. The fraction of sp³-hybridized carbons (Fsp3) is 0.200. The van der Waals surface area contributed by atoms with Crippen LogP contribution < -0.4 is 4.74 Å². The standard InChI is InChI=1S/C15H15NO2/c1-18-15-4-2-12(3-5-15)10-14(17)11-13-6-8-16-9-7-13/h2-9H,10-11H2,1H3. The second-order valence-electron chi connectivity index (χ2n) is 4.10. The van der Waals surface area contributed by atoms with Crippen LogP contribution in [0.4, 0.5) is 0 Å². The third-order valence-electron chi connectivity index (χ3n) is 2.71. The molecule has 0 spiro atoms. The van der Waals surface area contributed by atoms with Crippen molar-refractivity contribution in [2.75, 3.05) is 7.11 Å². The van der Waals surface area contributed by atoms with E-state index in [0.29, 0.717) is 12.8 Å². The molecule has 0 aliphatic carbocycles. The number of pyridine rings is 1. The Morgan fingerprint density at radius 1 is 1.00 bits per heavy atom. The van der Waals surface area contributed by atoms with Gasteiger partial charge in [0.05, 0.1) is 7.11 Å². The number of ketones is 1. The number of Topliss-reactive ketones (excluding diaryl/α,β-unsaturated/α-hetero) is 1. The lowest BCUT2D eigenvalue weighted by atomic mass is 10.0. The fourth-order valence-corrected chi connectivity index (χ4v) is 1.76. The zero-order valence-electron chi connectivity index (χ0n) is 10.3. The third kappa shape index (κ3) is 3.42. The number of nitrogens with zero attached hydrogens (tertiary/aromatic N) is 1. The summed E-state index contributed by atoms with van der Waals surface area (Å²) in [4.78, 5) is 15.8. The van der Waals surface area contributed by atoms with Gasteiger partial charge in [0.15, 0.2) is 0 Å². The lowest BCUT2D eigenvalue weighted by Crippen LogP contribution is -2.06. The number of ether oxygens (including phenoxy) is 1. The molecule has 0 radical (unpaired) electrons. The first-order chi connectivity index (χ1) is 8.78. The highest BCUT2D eigenvalue weighted by molar-refractivity contribution is 5.83. The van der Waals surface area contributed by atoms with Crippen LogP contribution in [0.25, 0.3) is 0 Å². The molecule has 0 amide bonds. The van der Waals surface area contributed by atoms with E-state index in [2.05, 4.69) is 4.98 Å². The van der Waals surface area contributed by atoms with Crippen LogP contribution in [-0.2, 0) is 17.6 Å². The molecule has 18 heavy (non-hydrogen) atoms. The van der Waals surface area contributed by atoms with Crippen LogP contribution in [0, 0.1) is 0 Å². The molecule has 3 heteroatoms. The topological polar surface area (TPSA) is 39.2 Å². The Morgan fingerprint density at radius 2 is 1.56 bits per heavy atom. The van der Waals surface area contributed by atoms with Gasteiger partial charge in [0, 0.05) is 25.2 Å². The van der Waals surface area contributed by atoms with Crippen molar-refractivity contribution < 1.29 is 9.53 Å². The van der Waals surface area contributed by atoms with Crippen molar-refractivity contribution in [3.05, 3.63) is 59.9 Å². The molecule has 0 saturated carbocycles. The lowest BCUT2D eigenvalue weighted by molar-refractivity contribution is -0.117. The van der Waals surface area contributed by atoms with Crippen molar-refractivity contribution in [3.8, 4) is 5.75 Å². The maximum absolute atomic E-state index is 11.9. The minimum Gasteiger partial charge on any atom is -0.497 e. The van der Waals surface area contributed by atoms with E-state index in [-0.39, 0.29) is 5.78 Å². The van der Waals surface area contributed by atoms with Gasteiger partial charge in [0.1, 0.15) is 11.5 Å². The van der Waals surface area contributed by atoms with E-state index < -0.39 is 0 Å². The molecule has 1 heterocycles. The lowest BCUT2D eigenvalue weighted by Gasteiger charge is -2.03. The molecule has 0 atom stereocenters. The molecule has 0 saturated heterocycles. The molecule has 0 N–H and O–H groups in total. The number of hydrogen-bond acceptors (Lipinski definition) is 3. The Labute approximate surface area is 106 Å². The zero-order valence-corrected chi connectivity index (χ0v) is 10.3. The van der Waals surface area contributed by atoms with Crippen molar-refractivity contribution in [2.24, 2.45) is 0 Å². The van der Waals surface area contributed by atoms with E-state index in [9.17, 15) is 4.79 Å². The van der Waals surface area contributed by atoms with Gasteiger partial charge in [-0.25, -0.2) is 0 Å². The second kappa shape index (κ2) is 5.96. The molecular formula is C15H15NO2. The number of benzene rings is 1. The first-order valence-electron chi connectivity index (χ1n) is 5.81.